The maximum absolute atomic E-state index is 12.0. The van der Waals surface area contributed by atoms with E-state index in [9.17, 15) is 4.79 Å². The van der Waals surface area contributed by atoms with Crippen molar-refractivity contribution >= 4 is 17.7 Å². The van der Waals surface area contributed by atoms with Crippen LogP contribution in [0, 0.1) is 0 Å². The van der Waals surface area contributed by atoms with Crippen LogP contribution in [0.4, 0.5) is 0 Å². The maximum atomic E-state index is 12.0. The molecule has 4 heteroatoms. The number of carbonyl (C=O) groups is 1. The first-order valence-corrected chi connectivity index (χ1v) is 6.79. The monoisotopic (exact) mass is 231 g/mol. The van der Waals surface area contributed by atoms with Crippen molar-refractivity contribution in [2.24, 2.45) is 0 Å². The van der Waals surface area contributed by atoms with E-state index in [4.69, 9.17) is 4.74 Å². The zero-order valence-electron chi connectivity index (χ0n) is 9.86. The Labute approximate surface area is 96.5 Å². The molecule has 0 N–H and O–H groups in total. The van der Waals surface area contributed by atoms with Crippen molar-refractivity contribution in [3.8, 4) is 0 Å². The molecule has 1 amide bonds. The lowest BCUT2D eigenvalue weighted by atomic mass is 10.2. The second-order valence-electron chi connectivity index (χ2n) is 3.74. The van der Waals surface area contributed by atoms with Crippen LogP contribution < -0.4 is 0 Å². The van der Waals surface area contributed by atoms with E-state index in [-0.39, 0.29) is 12.0 Å². The molecule has 3 nitrogen and oxygen atoms in total. The fraction of sp³-hybridized carbons (Fsp3) is 0.909. The normalized spacial score (nSPS) is 23.1. The molecule has 0 aromatic heterocycles. The van der Waals surface area contributed by atoms with Crippen molar-refractivity contribution in [2.45, 2.75) is 45.1 Å². The number of hydrogen-bond acceptors (Lipinski definition) is 3. The van der Waals surface area contributed by atoms with Crippen LogP contribution in [0.2, 0.25) is 0 Å². The second kappa shape index (κ2) is 6.38. The minimum Gasteiger partial charge on any atom is -0.369 e. The number of thioether (sulfide) groups is 1. The highest BCUT2D eigenvalue weighted by Gasteiger charge is 2.31. The summed E-state index contributed by atoms with van der Waals surface area (Å²) in [7, 11) is 0. The zero-order valence-corrected chi connectivity index (χ0v) is 10.7. The van der Waals surface area contributed by atoms with Gasteiger partial charge in [-0.2, -0.15) is 0 Å². The Hall–Kier alpha value is -0.220. The highest BCUT2D eigenvalue weighted by molar-refractivity contribution is 8.00. The number of rotatable bonds is 5. The maximum Gasteiger partial charge on any atom is 0.252 e. The van der Waals surface area contributed by atoms with Gasteiger partial charge < -0.3 is 9.64 Å². The van der Waals surface area contributed by atoms with Crippen molar-refractivity contribution in [3.63, 3.8) is 0 Å². The van der Waals surface area contributed by atoms with Crippen molar-refractivity contribution in [1.82, 2.24) is 4.90 Å². The molecule has 1 rings (SSSR count). The Morgan fingerprint density at radius 2 is 2.33 bits per heavy atom. The van der Waals surface area contributed by atoms with Crippen LogP contribution in [-0.2, 0) is 9.53 Å². The highest BCUT2D eigenvalue weighted by Crippen LogP contribution is 2.28. The van der Waals surface area contributed by atoms with Gasteiger partial charge in [-0.1, -0.05) is 13.3 Å². The topological polar surface area (TPSA) is 29.5 Å². The molecule has 0 spiro atoms. The van der Waals surface area contributed by atoms with Gasteiger partial charge in [0.25, 0.3) is 5.91 Å². The lowest BCUT2D eigenvalue weighted by molar-refractivity contribution is -0.142. The quantitative estimate of drug-likeness (QED) is 0.726. The van der Waals surface area contributed by atoms with Crippen molar-refractivity contribution < 1.29 is 9.53 Å². The van der Waals surface area contributed by atoms with Crippen LogP contribution >= 0.6 is 11.8 Å². The highest BCUT2D eigenvalue weighted by atomic mass is 32.2. The van der Waals surface area contributed by atoms with Gasteiger partial charge in [-0.05, 0) is 20.3 Å². The molecule has 1 fully saturated rings. The predicted octanol–water partition coefficient (Wildman–Crippen LogP) is 2.11. The summed E-state index contributed by atoms with van der Waals surface area (Å²) in [6.07, 6.45) is 1.94. The molecule has 0 aromatic rings. The van der Waals surface area contributed by atoms with E-state index in [1.165, 1.54) is 0 Å². The van der Waals surface area contributed by atoms with Gasteiger partial charge in [-0.3, -0.25) is 4.79 Å². The molecule has 1 heterocycles. The summed E-state index contributed by atoms with van der Waals surface area (Å²) in [5.41, 5.74) is 0. The molecule has 0 unspecified atom stereocenters. The van der Waals surface area contributed by atoms with E-state index in [1.807, 2.05) is 30.5 Å². The average molecular weight is 231 g/mol. The van der Waals surface area contributed by atoms with Gasteiger partial charge in [0.15, 0.2) is 0 Å². The Morgan fingerprint density at radius 1 is 1.60 bits per heavy atom. The van der Waals surface area contributed by atoms with Gasteiger partial charge in [0.05, 0.1) is 5.37 Å². The molecule has 0 aliphatic carbocycles. The molecule has 0 bridgehead atoms. The number of nitrogens with zero attached hydrogens (tertiary/aromatic N) is 1. The van der Waals surface area contributed by atoms with E-state index in [0.29, 0.717) is 12.0 Å². The van der Waals surface area contributed by atoms with E-state index >= 15 is 0 Å². The van der Waals surface area contributed by atoms with Crippen LogP contribution in [0.15, 0.2) is 0 Å². The van der Waals surface area contributed by atoms with Crippen molar-refractivity contribution in [3.05, 3.63) is 0 Å². The molecule has 0 saturated carbocycles. The lowest BCUT2D eigenvalue weighted by Gasteiger charge is -2.26. The number of ether oxygens (including phenoxy) is 1. The number of amides is 1. The Balaban J connectivity index is 2.50. The SMILES string of the molecule is CCC[C@@H]1SCCN1C(=O)[C@H](C)OCC. The molecule has 0 aromatic carbocycles. The summed E-state index contributed by atoms with van der Waals surface area (Å²) in [6.45, 7) is 7.41. The third kappa shape index (κ3) is 3.38. The van der Waals surface area contributed by atoms with E-state index in [0.717, 1.165) is 25.1 Å². The summed E-state index contributed by atoms with van der Waals surface area (Å²) in [4.78, 5) is 14.0. The molecular formula is C11H21NO2S. The molecule has 1 aliphatic rings. The minimum absolute atomic E-state index is 0.153. The first-order chi connectivity index (χ1) is 7.20. The molecule has 0 radical (unpaired) electrons. The fourth-order valence-corrected chi connectivity index (χ4v) is 3.18. The molecular weight excluding hydrogens is 210 g/mol. The molecule has 88 valence electrons. The second-order valence-corrected chi connectivity index (χ2v) is 5.03. The minimum atomic E-state index is -0.284. The van der Waals surface area contributed by atoms with Crippen molar-refractivity contribution in [2.75, 3.05) is 18.9 Å². The standard InChI is InChI=1S/C11H21NO2S/c1-4-6-10-12(7-8-15-10)11(13)9(3)14-5-2/h9-10H,4-8H2,1-3H3/t9-,10-/m0/s1. The van der Waals surface area contributed by atoms with Crippen LogP contribution in [0.5, 0.6) is 0 Å². The Bertz CT molecular complexity index is 211. The average Bonchev–Trinajstić information content (AvgIpc) is 2.66. The predicted molar refractivity (Wildman–Crippen MR) is 64.0 cm³/mol. The van der Waals surface area contributed by atoms with E-state index in [2.05, 4.69) is 6.92 Å². The van der Waals surface area contributed by atoms with Crippen LogP contribution in [0.1, 0.15) is 33.6 Å². The largest absolute Gasteiger partial charge is 0.369 e. The van der Waals surface area contributed by atoms with Gasteiger partial charge in [0.2, 0.25) is 0 Å². The summed E-state index contributed by atoms with van der Waals surface area (Å²) in [6, 6.07) is 0. The Morgan fingerprint density at radius 3 is 2.93 bits per heavy atom. The fourth-order valence-electron chi connectivity index (χ4n) is 1.81. The molecule has 1 saturated heterocycles. The number of hydrogen-bond donors (Lipinski definition) is 0. The number of carbonyl (C=O) groups excluding carboxylic acids is 1. The third-order valence-electron chi connectivity index (χ3n) is 2.57. The summed E-state index contributed by atoms with van der Waals surface area (Å²) in [5.74, 6) is 1.22. The zero-order chi connectivity index (χ0) is 11.3. The summed E-state index contributed by atoms with van der Waals surface area (Å²) >= 11 is 1.89. The van der Waals surface area contributed by atoms with Crippen LogP contribution in [-0.4, -0.2) is 41.2 Å². The first kappa shape index (κ1) is 12.8. The molecule has 2 atom stereocenters. The molecule has 1 aliphatic heterocycles. The first-order valence-electron chi connectivity index (χ1n) is 5.74. The summed E-state index contributed by atoms with van der Waals surface area (Å²) < 4.78 is 5.34. The smallest absolute Gasteiger partial charge is 0.252 e. The summed E-state index contributed by atoms with van der Waals surface area (Å²) in [5, 5.41) is 0.380. The van der Waals surface area contributed by atoms with E-state index in [1.54, 1.807) is 0 Å². The van der Waals surface area contributed by atoms with Crippen LogP contribution in [0.25, 0.3) is 0 Å². The third-order valence-corrected chi connectivity index (χ3v) is 3.87. The van der Waals surface area contributed by atoms with Crippen molar-refractivity contribution in [1.29, 1.82) is 0 Å². The van der Waals surface area contributed by atoms with Gasteiger partial charge in [-0.15, -0.1) is 11.8 Å². The van der Waals surface area contributed by atoms with E-state index < -0.39 is 0 Å². The lowest BCUT2D eigenvalue weighted by Crippen LogP contribution is -2.41. The van der Waals surface area contributed by atoms with Gasteiger partial charge in [0, 0.05) is 18.9 Å². The van der Waals surface area contributed by atoms with Gasteiger partial charge in [-0.25, -0.2) is 0 Å². The van der Waals surface area contributed by atoms with Gasteiger partial charge >= 0.3 is 0 Å². The van der Waals surface area contributed by atoms with Crippen LogP contribution in [0.3, 0.4) is 0 Å². The van der Waals surface area contributed by atoms with Gasteiger partial charge in [0.1, 0.15) is 6.10 Å². The molecule has 15 heavy (non-hydrogen) atoms. The Kier molecular flexibility index (Phi) is 5.47.